The topological polar surface area (TPSA) is 41.1 Å². The van der Waals surface area contributed by atoms with Crippen LogP contribution in [0.1, 0.15) is 13.3 Å². The monoisotopic (exact) mass is 246 g/mol. The number of carbonyl (C=O) groups excluding carboxylic acids is 1. The molecule has 3 nitrogen and oxygen atoms in total. The molecule has 0 fully saturated rings. The molecule has 0 aliphatic carbocycles. The number of amides is 1. The standard InChI is InChI=1S/C10H18N2OS2/c1-3-4-6-12-10(13)5-8-14-15-9-7-11-2/h11H,5-9H2,1-2H3,(H,12,13). The van der Waals surface area contributed by atoms with Crippen LogP contribution in [0.5, 0.6) is 0 Å². The van der Waals surface area contributed by atoms with Crippen molar-refractivity contribution in [1.29, 1.82) is 0 Å². The van der Waals surface area contributed by atoms with Gasteiger partial charge in [0, 0.05) is 24.5 Å². The Labute approximate surface area is 99.9 Å². The molecule has 0 aromatic rings. The largest absolute Gasteiger partial charge is 0.345 e. The van der Waals surface area contributed by atoms with Gasteiger partial charge in [0.15, 0.2) is 0 Å². The Hall–Kier alpha value is -0.310. The van der Waals surface area contributed by atoms with Crippen LogP contribution in [0.2, 0.25) is 0 Å². The van der Waals surface area contributed by atoms with Gasteiger partial charge in [-0.2, -0.15) is 0 Å². The molecular weight excluding hydrogens is 228 g/mol. The fourth-order valence-electron chi connectivity index (χ4n) is 0.715. The molecule has 0 aliphatic heterocycles. The quantitative estimate of drug-likeness (QED) is 0.382. The third-order valence-corrected chi connectivity index (χ3v) is 3.89. The van der Waals surface area contributed by atoms with Crippen molar-refractivity contribution < 1.29 is 4.79 Å². The lowest BCUT2D eigenvalue weighted by Crippen LogP contribution is -2.23. The maximum Gasteiger partial charge on any atom is 0.221 e. The summed E-state index contributed by atoms with van der Waals surface area (Å²) in [5, 5.41) is 5.81. The van der Waals surface area contributed by atoms with Crippen molar-refractivity contribution in [3.05, 3.63) is 0 Å². The molecule has 2 N–H and O–H groups in total. The van der Waals surface area contributed by atoms with Crippen LogP contribution in [0.15, 0.2) is 0 Å². The minimum atomic E-state index is 0.0828. The second-order valence-corrected chi connectivity index (χ2v) is 5.40. The molecule has 0 aromatic carbocycles. The summed E-state index contributed by atoms with van der Waals surface area (Å²) in [6, 6.07) is 0. The summed E-state index contributed by atoms with van der Waals surface area (Å²) in [6.07, 6.45) is 0.572. The second-order valence-electron chi connectivity index (χ2n) is 2.70. The zero-order chi connectivity index (χ0) is 11.4. The maximum atomic E-state index is 11.2. The molecule has 0 rings (SSSR count). The van der Waals surface area contributed by atoms with Gasteiger partial charge in [-0.15, -0.1) is 5.92 Å². The van der Waals surface area contributed by atoms with Gasteiger partial charge >= 0.3 is 0 Å². The Balaban J connectivity index is 3.19. The van der Waals surface area contributed by atoms with Gasteiger partial charge in [-0.1, -0.05) is 27.5 Å². The summed E-state index contributed by atoms with van der Waals surface area (Å²) in [5.41, 5.74) is 0. The number of rotatable bonds is 8. The highest BCUT2D eigenvalue weighted by atomic mass is 33.1. The fraction of sp³-hybridized carbons (Fsp3) is 0.700. The van der Waals surface area contributed by atoms with Crippen LogP contribution in [-0.2, 0) is 4.79 Å². The van der Waals surface area contributed by atoms with Crippen LogP contribution < -0.4 is 10.6 Å². The number of hydrogen-bond donors (Lipinski definition) is 2. The number of hydrogen-bond acceptors (Lipinski definition) is 4. The normalized spacial score (nSPS) is 9.20. The summed E-state index contributed by atoms with van der Waals surface area (Å²) in [4.78, 5) is 11.2. The average molecular weight is 246 g/mol. The zero-order valence-electron chi connectivity index (χ0n) is 9.26. The van der Waals surface area contributed by atoms with E-state index < -0.39 is 0 Å². The molecule has 0 atom stereocenters. The van der Waals surface area contributed by atoms with Crippen molar-refractivity contribution >= 4 is 27.5 Å². The minimum Gasteiger partial charge on any atom is -0.345 e. The first kappa shape index (κ1) is 14.7. The van der Waals surface area contributed by atoms with Crippen LogP contribution in [0, 0.1) is 11.8 Å². The van der Waals surface area contributed by atoms with Gasteiger partial charge in [0.05, 0.1) is 6.54 Å². The van der Waals surface area contributed by atoms with E-state index in [0.29, 0.717) is 13.0 Å². The summed E-state index contributed by atoms with van der Waals surface area (Å²) in [6.45, 7) is 3.24. The summed E-state index contributed by atoms with van der Waals surface area (Å²) in [7, 11) is 5.47. The lowest BCUT2D eigenvalue weighted by atomic mass is 10.4. The highest BCUT2D eigenvalue weighted by Crippen LogP contribution is 2.20. The molecule has 0 bridgehead atoms. The lowest BCUT2D eigenvalue weighted by Gasteiger charge is -2.01. The molecule has 0 unspecified atom stereocenters. The van der Waals surface area contributed by atoms with Gasteiger partial charge in [0.2, 0.25) is 5.91 Å². The predicted molar refractivity (Wildman–Crippen MR) is 69.9 cm³/mol. The maximum absolute atomic E-state index is 11.2. The van der Waals surface area contributed by atoms with E-state index in [0.717, 1.165) is 18.1 Å². The van der Waals surface area contributed by atoms with E-state index in [-0.39, 0.29) is 5.91 Å². The predicted octanol–water partition coefficient (Wildman–Crippen LogP) is 1.12. The molecule has 5 heteroatoms. The third-order valence-electron chi connectivity index (χ3n) is 1.48. The molecule has 0 heterocycles. The van der Waals surface area contributed by atoms with E-state index in [2.05, 4.69) is 22.5 Å². The van der Waals surface area contributed by atoms with E-state index in [9.17, 15) is 4.79 Å². The van der Waals surface area contributed by atoms with Crippen molar-refractivity contribution in [2.45, 2.75) is 13.3 Å². The van der Waals surface area contributed by atoms with Crippen LogP contribution >= 0.6 is 21.6 Å². The molecule has 1 amide bonds. The fourth-order valence-corrected chi connectivity index (χ4v) is 2.71. The lowest BCUT2D eigenvalue weighted by molar-refractivity contribution is -0.120. The number of nitrogens with one attached hydrogen (secondary N) is 2. The third kappa shape index (κ3) is 11.6. The van der Waals surface area contributed by atoms with E-state index in [1.807, 2.05) is 7.05 Å². The van der Waals surface area contributed by atoms with Crippen molar-refractivity contribution in [3.8, 4) is 11.8 Å². The minimum absolute atomic E-state index is 0.0828. The molecular formula is C10H18N2OS2. The van der Waals surface area contributed by atoms with Gasteiger partial charge in [-0.25, -0.2) is 0 Å². The summed E-state index contributed by atoms with van der Waals surface area (Å²) in [5.74, 6) is 7.54. The highest BCUT2D eigenvalue weighted by Gasteiger charge is 1.99. The van der Waals surface area contributed by atoms with Gasteiger partial charge in [0.1, 0.15) is 0 Å². The Morgan fingerprint density at radius 3 is 2.73 bits per heavy atom. The van der Waals surface area contributed by atoms with E-state index in [4.69, 9.17) is 0 Å². The molecule has 0 spiro atoms. The molecule has 0 aromatic heterocycles. The smallest absolute Gasteiger partial charge is 0.221 e. The van der Waals surface area contributed by atoms with Crippen molar-refractivity contribution in [3.63, 3.8) is 0 Å². The van der Waals surface area contributed by atoms with Gasteiger partial charge in [-0.05, 0) is 14.0 Å². The van der Waals surface area contributed by atoms with Crippen molar-refractivity contribution in [2.24, 2.45) is 0 Å². The van der Waals surface area contributed by atoms with Gasteiger partial charge in [-0.3, -0.25) is 4.79 Å². The second kappa shape index (κ2) is 11.8. The number of carbonyl (C=O) groups is 1. The average Bonchev–Trinajstić information content (AvgIpc) is 2.23. The summed E-state index contributed by atoms with van der Waals surface area (Å²) >= 11 is 0. The molecule has 0 saturated carbocycles. The molecule has 0 saturated heterocycles. The molecule has 0 aliphatic rings. The Bertz CT molecular complexity index is 223. The summed E-state index contributed by atoms with van der Waals surface area (Å²) < 4.78 is 0. The van der Waals surface area contributed by atoms with Crippen LogP contribution in [0.25, 0.3) is 0 Å². The van der Waals surface area contributed by atoms with E-state index in [1.165, 1.54) is 0 Å². The first-order chi connectivity index (χ1) is 7.31. The molecule has 15 heavy (non-hydrogen) atoms. The van der Waals surface area contributed by atoms with Crippen molar-refractivity contribution in [1.82, 2.24) is 10.6 Å². The first-order valence-electron chi connectivity index (χ1n) is 4.86. The zero-order valence-corrected chi connectivity index (χ0v) is 10.9. The van der Waals surface area contributed by atoms with E-state index >= 15 is 0 Å². The SMILES string of the molecule is CC#CCNC(=O)CCSSCCNC. The molecule has 86 valence electrons. The highest BCUT2D eigenvalue weighted by molar-refractivity contribution is 8.76. The van der Waals surface area contributed by atoms with Crippen molar-refractivity contribution in [2.75, 3.05) is 31.6 Å². The molecule has 0 radical (unpaired) electrons. The van der Waals surface area contributed by atoms with Crippen LogP contribution in [0.3, 0.4) is 0 Å². The van der Waals surface area contributed by atoms with Crippen LogP contribution in [-0.4, -0.2) is 37.6 Å². The Kier molecular flexibility index (Phi) is 11.5. The van der Waals surface area contributed by atoms with Gasteiger partial charge in [0.25, 0.3) is 0 Å². The van der Waals surface area contributed by atoms with Crippen LogP contribution in [0.4, 0.5) is 0 Å². The van der Waals surface area contributed by atoms with E-state index in [1.54, 1.807) is 28.5 Å². The Morgan fingerprint density at radius 1 is 1.33 bits per heavy atom. The van der Waals surface area contributed by atoms with Gasteiger partial charge < -0.3 is 10.6 Å². The Morgan fingerprint density at radius 2 is 2.07 bits per heavy atom. The first-order valence-corrected chi connectivity index (χ1v) is 7.35.